The molecule has 0 aliphatic rings. The summed E-state index contributed by atoms with van der Waals surface area (Å²) in [7, 11) is 2.00. The van der Waals surface area contributed by atoms with Crippen molar-refractivity contribution < 1.29 is 9.69 Å². The molecule has 0 fully saturated rings. The molecule has 0 spiro atoms. The summed E-state index contributed by atoms with van der Waals surface area (Å²) in [5, 5.41) is 11.5. The molecule has 2 aromatic rings. The molecular formula is C16H17BrN3OS+. The van der Waals surface area contributed by atoms with Crippen molar-refractivity contribution in [3.63, 3.8) is 0 Å². The quantitative estimate of drug-likeness (QED) is 0.809. The summed E-state index contributed by atoms with van der Waals surface area (Å²) < 4.78 is 1.11. The molecule has 2 rings (SSSR count). The van der Waals surface area contributed by atoms with Crippen LogP contribution < -0.4 is 10.2 Å². The number of nitrogens with zero attached hydrogens (tertiary/aromatic N) is 1. The van der Waals surface area contributed by atoms with E-state index in [1.165, 1.54) is 4.88 Å². The number of likely N-dealkylation sites (N-methyl/N-ethyl adjacent to an activating group) is 1. The van der Waals surface area contributed by atoms with E-state index in [0.29, 0.717) is 13.0 Å². The van der Waals surface area contributed by atoms with Crippen molar-refractivity contribution in [2.75, 3.05) is 18.9 Å². The Morgan fingerprint density at radius 2 is 2.05 bits per heavy atom. The molecule has 1 unspecified atom stereocenters. The monoisotopic (exact) mass is 378 g/mol. The zero-order valence-corrected chi connectivity index (χ0v) is 14.6. The third-order valence-corrected chi connectivity index (χ3v) is 4.71. The Hall–Kier alpha value is -1.68. The van der Waals surface area contributed by atoms with Gasteiger partial charge in [-0.1, -0.05) is 12.1 Å². The van der Waals surface area contributed by atoms with E-state index in [4.69, 9.17) is 5.26 Å². The number of hydrogen-bond donors (Lipinski definition) is 2. The Kier molecular flexibility index (Phi) is 6.13. The van der Waals surface area contributed by atoms with Crippen LogP contribution in [0.1, 0.15) is 10.4 Å². The normalized spacial score (nSPS) is 11.7. The highest BCUT2D eigenvalue weighted by Crippen LogP contribution is 2.21. The zero-order valence-electron chi connectivity index (χ0n) is 12.2. The molecule has 22 heavy (non-hydrogen) atoms. The molecule has 1 atom stereocenters. The van der Waals surface area contributed by atoms with Crippen LogP contribution in [0.25, 0.3) is 0 Å². The lowest BCUT2D eigenvalue weighted by molar-refractivity contribution is -0.884. The fourth-order valence-electron chi connectivity index (χ4n) is 2.08. The summed E-state index contributed by atoms with van der Waals surface area (Å²) in [6.45, 7) is 1.24. The molecule has 0 bridgehead atoms. The minimum atomic E-state index is -0.0128. The Morgan fingerprint density at radius 1 is 1.32 bits per heavy atom. The summed E-state index contributed by atoms with van der Waals surface area (Å²) in [4.78, 5) is 14.4. The standard InChI is InChI=1S/C16H16BrN3OS/c1-20(10-14-6-7-15(17)22-14)11-16(21)19-13-4-2-12(3-5-13)8-9-18/h2-7H,8,10-11H2,1H3,(H,19,21)/p+1. The molecule has 1 aromatic carbocycles. The van der Waals surface area contributed by atoms with E-state index in [9.17, 15) is 4.79 Å². The van der Waals surface area contributed by atoms with Crippen molar-refractivity contribution in [1.82, 2.24) is 0 Å². The van der Waals surface area contributed by atoms with Crippen molar-refractivity contribution >= 4 is 38.9 Å². The number of benzene rings is 1. The van der Waals surface area contributed by atoms with Crippen molar-refractivity contribution in [3.8, 4) is 6.07 Å². The second-order valence-electron chi connectivity index (χ2n) is 5.10. The number of anilines is 1. The van der Waals surface area contributed by atoms with Crippen LogP contribution in [0.4, 0.5) is 5.69 Å². The van der Waals surface area contributed by atoms with E-state index < -0.39 is 0 Å². The van der Waals surface area contributed by atoms with E-state index in [0.717, 1.165) is 26.5 Å². The van der Waals surface area contributed by atoms with Crippen LogP contribution >= 0.6 is 27.3 Å². The number of nitrogens with one attached hydrogen (secondary N) is 2. The summed E-state index contributed by atoms with van der Waals surface area (Å²) >= 11 is 5.14. The van der Waals surface area contributed by atoms with Crippen LogP contribution in [0.3, 0.4) is 0 Å². The smallest absolute Gasteiger partial charge is 0.279 e. The van der Waals surface area contributed by atoms with E-state index >= 15 is 0 Å². The highest BCUT2D eigenvalue weighted by molar-refractivity contribution is 9.11. The number of quaternary nitrogens is 1. The number of halogens is 1. The van der Waals surface area contributed by atoms with E-state index in [1.54, 1.807) is 11.3 Å². The van der Waals surface area contributed by atoms with Gasteiger partial charge in [0, 0.05) is 5.69 Å². The molecule has 1 heterocycles. The molecule has 0 aliphatic heterocycles. The van der Waals surface area contributed by atoms with E-state index in [-0.39, 0.29) is 5.91 Å². The highest BCUT2D eigenvalue weighted by Gasteiger charge is 2.12. The topological polar surface area (TPSA) is 57.3 Å². The van der Waals surface area contributed by atoms with Crippen LogP contribution in [-0.4, -0.2) is 19.5 Å². The van der Waals surface area contributed by atoms with Crippen molar-refractivity contribution in [2.24, 2.45) is 0 Å². The molecule has 114 valence electrons. The maximum atomic E-state index is 12.0. The van der Waals surface area contributed by atoms with Crippen molar-refractivity contribution in [2.45, 2.75) is 13.0 Å². The molecule has 4 nitrogen and oxygen atoms in total. The zero-order chi connectivity index (χ0) is 15.9. The van der Waals surface area contributed by atoms with Gasteiger partial charge in [-0.15, -0.1) is 11.3 Å². The Balaban J connectivity index is 1.83. The van der Waals surface area contributed by atoms with Gasteiger partial charge in [-0.25, -0.2) is 0 Å². The molecule has 0 saturated carbocycles. The molecule has 6 heteroatoms. The second kappa shape index (κ2) is 8.08. The third kappa shape index (κ3) is 5.26. The van der Waals surface area contributed by atoms with Gasteiger partial charge in [0.1, 0.15) is 6.54 Å². The maximum Gasteiger partial charge on any atom is 0.279 e. The molecule has 0 radical (unpaired) electrons. The van der Waals surface area contributed by atoms with Gasteiger partial charge in [0.2, 0.25) is 0 Å². The lowest BCUT2D eigenvalue weighted by Crippen LogP contribution is -3.08. The molecule has 0 aliphatic carbocycles. The first kappa shape index (κ1) is 16.7. The lowest BCUT2D eigenvalue weighted by Gasteiger charge is -2.13. The van der Waals surface area contributed by atoms with Crippen LogP contribution in [0.15, 0.2) is 40.2 Å². The summed E-state index contributed by atoms with van der Waals surface area (Å²) in [5.74, 6) is -0.0128. The first-order valence-corrected chi connectivity index (χ1v) is 8.49. The Labute approximate surface area is 142 Å². The summed E-state index contributed by atoms with van der Waals surface area (Å²) in [6, 6.07) is 13.6. The first-order chi connectivity index (χ1) is 10.6. The number of hydrogen-bond acceptors (Lipinski definition) is 3. The van der Waals surface area contributed by atoms with E-state index in [2.05, 4.69) is 33.4 Å². The average Bonchev–Trinajstić information content (AvgIpc) is 2.86. The molecule has 1 aromatic heterocycles. The van der Waals surface area contributed by atoms with Crippen LogP contribution in [0.5, 0.6) is 0 Å². The van der Waals surface area contributed by atoms with Crippen LogP contribution in [-0.2, 0) is 17.8 Å². The number of nitriles is 1. The summed E-state index contributed by atoms with van der Waals surface area (Å²) in [5.41, 5.74) is 1.71. The van der Waals surface area contributed by atoms with Gasteiger partial charge in [-0.05, 0) is 45.8 Å². The fourth-order valence-corrected chi connectivity index (χ4v) is 3.68. The van der Waals surface area contributed by atoms with E-state index in [1.807, 2.05) is 37.4 Å². The number of rotatable bonds is 6. The number of carbonyl (C=O) groups is 1. The van der Waals surface area contributed by atoms with Gasteiger partial charge in [0.25, 0.3) is 5.91 Å². The summed E-state index contributed by atoms with van der Waals surface area (Å²) in [6.07, 6.45) is 0.386. The van der Waals surface area contributed by atoms with Crippen molar-refractivity contribution in [1.29, 1.82) is 5.26 Å². The Morgan fingerprint density at radius 3 is 2.64 bits per heavy atom. The van der Waals surface area contributed by atoms with Gasteiger partial charge in [0.05, 0.1) is 28.2 Å². The highest BCUT2D eigenvalue weighted by atomic mass is 79.9. The number of thiophene rings is 1. The van der Waals surface area contributed by atoms with Crippen LogP contribution in [0, 0.1) is 11.3 Å². The van der Waals surface area contributed by atoms with Gasteiger partial charge in [-0.3, -0.25) is 4.79 Å². The van der Waals surface area contributed by atoms with Gasteiger partial charge < -0.3 is 10.2 Å². The molecule has 0 saturated heterocycles. The van der Waals surface area contributed by atoms with Crippen molar-refractivity contribution in [3.05, 3.63) is 50.6 Å². The lowest BCUT2D eigenvalue weighted by atomic mass is 10.1. The average molecular weight is 379 g/mol. The largest absolute Gasteiger partial charge is 0.325 e. The van der Waals surface area contributed by atoms with Gasteiger partial charge in [-0.2, -0.15) is 5.26 Å². The molecule has 1 amide bonds. The number of amides is 1. The Bertz CT molecular complexity index is 675. The molecular weight excluding hydrogens is 362 g/mol. The predicted octanol–water partition coefficient (Wildman–Crippen LogP) is 2.23. The van der Waals surface area contributed by atoms with Gasteiger partial charge >= 0.3 is 0 Å². The number of carbonyl (C=O) groups excluding carboxylic acids is 1. The maximum absolute atomic E-state index is 12.0. The third-order valence-electron chi connectivity index (χ3n) is 3.09. The SMILES string of the molecule is C[NH+](CC(=O)Nc1ccc(CC#N)cc1)Cc1ccc(Br)s1. The second-order valence-corrected chi connectivity index (χ2v) is 7.64. The van der Waals surface area contributed by atoms with Crippen LogP contribution in [0.2, 0.25) is 0 Å². The first-order valence-electron chi connectivity index (χ1n) is 6.88. The minimum Gasteiger partial charge on any atom is -0.325 e. The fraction of sp³-hybridized carbons (Fsp3) is 0.250. The predicted molar refractivity (Wildman–Crippen MR) is 91.9 cm³/mol. The molecule has 2 N–H and O–H groups in total. The van der Waals surface area contributed by atoms with Gasteiger partial charge in [0.15, 0.2) is 6.54 Å². The minimum absolute atomic E-state index is 0.0128.